The van der Waals surface area contributed by atoms with Crippen molar-refractivity contribution >= 4 is 37.3 Å². The van der Waals surface area contributed by atoms with Crippen LogP contribution in [-0.2, 0) is 31.3 Å². The normalized spacial score (nSPS) is 13.7. The third kappa shape index (κ3) is 4.82. The molecule has 0 N–H and O–H groups in total. The second kappa shape index (κ2) is 9.44. The lowest BCUT2D eigenvalue weighted by atomic mass is 10.2. The Balaban J connectivity index is 1.67. The Morgan fingerprint density at radius 1 is 0.857 bits per heavy atom. The zero-order valence-corrected chi connectivity index (χ0v) is 21.4. The first-order chi connectivity index (χ1) is 16.5. The predicted octanol–water partition coefficient (Wildman–Crippen LogP) is 3.03. The maximum Gasteiger partial charge on any atom is 0.264 e. The molecule has 0 aliphatic carbocycles. The molecule has 0 radical (unpaired) electrons. The third-order valence-corrected chi connectivity index (χ3v) is 9.56. The van der Waals surface area contributed by atoms with Gasteiger partial charge in [0.2, 0.25) is 15.9 Å². The minimum atomic E-state index is -4.00. The molecule has 4 rings (SSSR count). The Morgan fingerprint density at radius 3 is 2.14 bits per heavy atom. The van der Waals surface area contributed by atoms with E-state index < -0.39 is 32.5 Å². The number of aryl methyl sites for hydroxylation is 1. The zero-order valence-electron chi connectivity index (χ0n) is 19.7. The molecule has 1 amide bonds. The average Bonchev–Trinajstić information content (AvgIpc) is 3.27. The first-order valence-corrected chi connectivity index (χ1v) is 13.9. The van der Waals surface area contributed by atoms with Crippen LogP contribution in [0.2, 0.25) is 0 Å². The second-order valence-electron chi connectivity index (χ2n) is 8.53. The molecule has 0 fully saturated rings. The first kappa shape index (κ1) is 24.9. The van der Waals surface area contributed by atoms with Crippen molar-refractivity contribution in [3.05, 3.63) is 83.9 Å². The third-order valence-electron chi connectivity index (χ3n) is 5.96. The molecule has 10 heteroatoms. The van der Waals surface area contributed by atoms with Crippen LogP contribution in [-0.4, -0.2) is 54.2 Å². The van der Waals surface area contributed by atoms with E-state index in [1.807, 2.05) is 6.92 Å². The summed E-state index contributed by atoms with van der Waals surface area (Å²) in [6.07, 6.45) is 0.480. The van der Waals surface area contributed by atoms with Crippen LogP contribution in [0.5, 0.6) is 0 Å². The van der Waals surface area contributed by atoms with Gasteiger partial charge >= 0.3 is 0 Å². The molecule has 1 heterocycles. The standard InChI is InChI=1S/C25H27N3O5S2/c1-19-9-11-21(12-10-19)28(35(32,33)22-7-5-4-6-8-22)18-25(29)27-16-15-20-17-23(13-14-24(20)27)34(30,31)26(2)3/h4-14,17H,15-16,18H2,1-3H3. The first-order valence-electron chi connectivity index (χ1n) is 11.0. The molecule has 1 aliphatic rings. The van der Waals surface area contributed by atoms with Crippen molar-refractivity contribution in [2.45, 2.75) is 23.1 Å². The number of amides is 1. The molecule has 3 aromatic rings. The van der Waals surface area contributed by atoms with Gasteiger partial charge in [0.25, 0.3) is 10.0 Å². The van der Waals surface area contributed by atoms with Crippen molar-refractivity contribution in [3.8, 4) is 0 Å². The minimum Gasteiger partial charge on any atom is -0.310 e. The average molecular weight is 514 g/mol. The van der Waals surface area contributed by atoms with E-state index in [4.69, 9.17) is 0 Å². The second-order valence-corrected chi connectivity index (χ2v) is 12.5. The van der Waals surface area contributed by atoms with Crippen LogP contribution >= 0.6 is 0 Å². The van der Waals surface area contributed by atoms with Crippen molar-refractivity contribution in [1.29, 1.82) is 0 Å². The Morgan fingerprint density at radius 2 is 1.51 bits per heavy atom. The van der Waals surface area contributed by atoms with Crippen molar-refractivity contribution in [2.75, 3.05) is 36.4 Å². The van der Waals surface area contributed by atoms with Crippen LogP contribution in [0, 0.1) is 6.92 Å². The van der Waals surface area contributed by atoms with Gasteiger partial charge in [-0.25, -0.2) is 21.1 Å². The van der Waals surface area contributed by atoms with Crippen LogP contribution in [0.3, 0.4) is 0 Å². The summed E-state index contributed by atoms with van der Waals surface area (Å²) in [5.41, 5.74) is 2.68. The number of nitrogens with zero attached hydrogens (tertiary/aromatic N) is 3. The van der Waals surface area contributed by atoms with Gasteiger partial charge in [-0.3, -0.25) is 9.10 Å². The molecule has 184 valence electrons. The molecule has 1 aliphatic heterocycles. The zero-order chi connectivity index (χ0) is 25.4. The molecule has 0 atom stereocenters. The summed E-state index contributed by atoms with van der Waals surface area (Å²) in [4.78, 5) is 15.2. The maximum absolute atomic E-state index is 13.5. The molecule has 35 heavy (non-hydrogen) atoms. The van der Waals surface area contributed by atoms with E-state index in [0.717, 1.165) is 19.7 Å². The topological polar surface area (TPSA) is 95.1 Å². The number of hydrogen-bond acceptors (Lipinski definition) is 5. The SMILES string of the molecule is Cc1ccc(N(CC(=O)N2CCc3cc(S(=O)(=O)N(C)C)ccc32)S(=O)(=O)c2ccccc2)cc1. The van der Waals surface area contributed by atoms with Crippen molar-refractivity contribution in [1.82, 2.24) is 4.31 Å². The fourth-order valence-electron chi connectivity index (χ4n) is 3.96. The molecule has 3 aromatic carbocycles. The largest absolute Gasteiger partial charge is 0.310 e. The van der Waals surface area contributed by atoms with Crippen molar-refractivity contribution in [2.24, 2.45) is 0 Å². The van der Waals surface area contributed by atoms with E-state index >= 15 is 0 Å². The van der Waals surface area contributed by atoms with Crippen LogP contribution in [0.4, 0.5) is 11.4 Å². The number of rotatable bonds is 7. The summed E-state index contributed by atoms with van der Waals surface area (Å²) in [6.45, 7) is 1.85. The van der Waals surface area contributed by atoms with Crippen molar-refractivity contribution in [3.63, 3.8) is 0 Å². The Hall–Kier alpha value is -3.21. The van der Waals surface area contributed by atoms with Gasteiger partial charge in [0.1, 0.15) is 6.54 Å². The van der Waals surface area contributed by atoms with Crippen LogP contribution in [0.15, 0.2) is 82.6 Å². The Kier molecular flexibility index (Phi) is 6.72. The van der Waals surface area contributed by atoms with Crippen LogP contribution in [0.1, 0.15) is 11.1 Å². The lowest BCUT2D eigenvalue weighted by Crippen LogP contribution is -2.42. The summed E-state index contributed by atoms with van der Waals surface area (Å²) < 4.78 is 54.3. The smallest absolute Gasteiger partial charge is 0.264 e. The van der Waals surface area contributed by atoms with Gasteiger partial charge in [0.15, 0.2) is 0 Å². The van der Waals surface area contributed by atoms with Gasteiger partial charge in [-0.1, -0.05) is 35.9 Å². The van der Waals surface area contributed by atoms with Crippen LogP contribution in [0.25, 0.3) is 0 Å². The molecule has 0 unspecified atom stereocenters. The van der Waals surface area contributed by atoms with Gasteiger partial charge in [-0.15, -0.1) is 0 Å². The number of benzene rings is 3. The summed E-state index contributed by atoms with van der Waals surface area (Å²) in [7, 11) is -4.68. The molecule has 0 bridgehead atoms. The van der Waals surface area contributed by atoms with E-state index in [0.29, 0.717) is 24.3 Å². The fourth-order valence-corrected chi connectivity index (χ4v) is 6.35. The minimum absolute atomic E-state index is 0.0914. The monoisotopic (exact) mass is 513 g/mol. The van der Waals surface area contributed by atoms with E-state index in [1.54, 1.807) is 54.6 Å². The fraction of sp³-hybridized carbons (Fsp3) is 0.240. The lowest BCUT2D eigenvalue weighted by Gasteiger charge is -2.27. The molecular formula is C25H27N3O5S2. The highest BCUT2D eigenvalue weighted by atomic mass is 32.2. The molecule has 0 saturated heterocycles. The number of carbonyl (C=O) groups excluding carboxylic acids is 1. The summed E-state index contributed by atoms with van der Waals surface area (Å²) in [5, 5.41) is 0. The highest BCUT2D eigenvalue weighted by molar-refractivity contribution is 7.92. The highest BCUT2D eigenvalue weighted by Gasteiger charge is 2.32. The number of anilines is 2. The number of carbonyl (C=O) groups is 1. The van der Waals surface area contributed by atoms with Gasteiger partial charge in [0, 0.05) is 26.3 Å². The van der Waals surface area contributed by atoms with Gasteiger partial charge in [-0.05, 0) is 61.4 Å². The number of sulfonamides is 2. The Labute approximate surface area is 206 Å². The number of fused-ring (bicyclic) bond motifs is 1. The van der Waals surface area contributed by atoms with Gasteiger partial charge < -0.3 is 4.90 Å². The highest BCUT2D eigenvalue weighted by Crippen LogP contribution is 2.32. The van der Waals surface area contributed by atoms with Crippen molar-refractivity contribution < 1.29 is 21.6 Å². The maximum atomic E-state index is 13.5. The number of hydrogen-bond donors (Lipinski definition) is 0. The molecular weight excluding hydrogens is 486 g/mol. The summed E-state index contributed by atoms with van der Waals surface area (Å²) in [5.74, 6) is -0.396. The molecule has 0 spiro atoms. The van der Waals surface area contributed by atoms with E-state index in [-0.39, 0.29) is 9.79 Å². The molecule has 0 aromatic heterocycles. The summed E-state index contributed by atoms with van der Waals surface area (Å²) >= 11 is 0. The van der Waals surface area contributed by atoms with Gasteiger partial charge in [0.05, 0.1) is 15.5 Å². The predicted molar refractivity (Wildman–Crippen MR) is 136 cm³/mol. The Bertz CT molecular complexity index is 1450. The lowest BCUT2D eigenvalue weighted by molar-refractivity contribution is -0.117. The van der Waals surface area contributed by atoms with E-state index in [1.165, 1.54) is 37.2 Å². The molecule has 0 saturated carbocycles. The van der Waals surface area contributed by atoms with Gasteiger partial charge in [-0.2, -0.15) is 0 Å². The van der Waals surface area contributed by atoms with Crippen LogP contribution < -0.4 is 9.21 Å². The van der Waals surface area contributed by atoms with E-state index in [2.05, 4.69) is 0 Å². The molecule has 8 nitrogen and oxygen atoms in total. The summed E-state index contributed by atoms with van der Waals surface area (Å²) in [6, 6.07) is 19.6. The van der Waals surface area contributed by atoms with E-state index in [9.17, 15) is 21.6 Å². The quantitative estimate of drug-likeness (QED) is 0.484.